The van der Waals surface area contributed by atoms with Crippen molar-refractivity contribution in [3.8, 4) is 0 Å². The Labute approximate surface area is 137 Å². The van der Waals surface area contributed by atoms with Gasteiger partial charge in [-0.15, -0.1) is 0 Å². The lowest BCUT2D eigenvalue weighted by Gasteiger charge is -2.22. The maximum atomic E-state index is 11.8. The number of hydrogen-bond donors (Lipinski definition) is 1. The van der Waals surface area contributed by atoms with Crippen LogP contribution in [-0.2, 0) is 11.3 Å². The van der Waals surface area contributed by atoms with Gasteiger partial charge in [-0.3, -0.25) is 4.90 Å². The number of aromatic nitrogens is 1. The first-order valence-electron chi connectivity index (χ1n) is 7.57. The van der Waals surface area contributed by atoms with Gasteiger partial charge in [0, 0.05) is 31.4 Å². The minimum atomic E-state index is -0.464. The molecule has 22 heavy (non-hydrogen) atoms. The number of carbonyl (C=O) groups excluding carboxylic acids is 1. The molecule has 0 spiro atoms. The van der Waals surface area contributed by atoms with Gasteiger partial charge in [-0.1, -0.05) is 17.7 Å². The molecular weight excluding hydrogens is 302 g/mol. The number of hydrogen-bond acceptors (Lipinski definition) is 4. The maximum absolute atomic E-state index is 11.8. The SMILES string of the molecule is Cc1nc(Cl)ccc1CN1CCC(NC(=O)OC(C)(C)C)C1. The number of likely N-dealkylation sites (tertiary alicyclic amines) is 1. The fourth-order valence-corrected chi connectivity index (χ4v) is 2.73. The van der Waals surface area contributed by atoms with E-state index in [4.69, 9.17) is 16.3 Å². The van der Waals surface area contributed by atoms with E-state index in [0.29, 0.717) is 5.15 Å². The number of alkyl carbamates (subject to hydrolysis) is 1. The topological polar surface area (TPSA) is 54.5 Å². The first-order chi connectivity index (χ1) is 10.2. The van der Waals surface area contributed by atoms with Crippen LogP contribution in [0, 0.1) is 6.92 Å². The van der Waals surface area contributed by atoms with Crippen molar-refractivity contribution in [3.63, 3.8) is 0 Å². The molecule has 1 amide bonds. The van der Waals surface area contributed by atoms with E-state index in [1.807, 2.05) is 39.8 Å². The molecule has 1 saturated heterocycles. The van der Waals surface area contributed by atoms with Gasteiger partial charge in [-0.05, 0) is 45.7 Å². The average molecular weight is 326 g/mol. The second-order valence-corrected chi connectivity index (χ2v) is 7.13. The van der Waals surface area contributed by atoms with Crippen LogP contribution in [0.15, 0.2) is 12.1 Å². The highest BCUT2D eigenvalue weighted by Gasteiger charge is 2.26. The van der Waals surface area contributed by atoms with Crippen molar-refractivity contribution >= 4 is 17.7 Å². The fourth-order valence-electron chi connectivity index (χ4n) is 2.54. The maximum Gasteiger partial charge on any atom is 0.407 e. The van der Waals surface area contributed by atoms with Crippen molar-refractivity contribution in [2.75, 3.05) is 13.1 Å². The molecule has 0 aliphatic carbocycles. The second kappa shape index (κ2) is 6.84. The number of carbonyl (C=O) groups is 1. The molecule has 122 valence electrons. The Hall–Kier alpha value is -1.33. The smallest absolute Gasteiger partial charge is 0.407 e. The summed E-state index contributed by atoms with van der Waals surface area (Å²) in [7, 11) is 0. The summed E-state index contributed by atoms with van der Waals surface area (Å²) in [5.41, 5.74) is 1.66. The van der Waals surface area contributed by atoms with E-state index in [-0.39, 0.29) is 12.1 Å². The van der Waals surface area contributed by atoms with Crippen LogP contribution in [0.3, 0.4) is 0 Å². The van der Waals surface area contributed by atoms with E-state index in [1.54, 1.807) is 0 Å². The largest absolute Gasteiger partial charge is 0.444 e. The molecule has 0 bridgehead atoms. The highest BCUT2D eigenvalue weighted by atomic mass is 35.5. The summed E-state index contributed by atoms with van der Waals surface area (Å²) >= 11 is 5.88. The van der Waals surface area contributed by atoms with Crippen molar-refractivity contribution in [3.05, 3.63) is 28.5 Å². The molecule has 1 aromatic heterocycles. The number of nitrogens with zero attached hydrogens (tertiary/aromatic N) is 2. The molecule has 2 heterocycles. The van der Waals surface area contributed by atoms with Crippen molar-refractivity contribution in [1.29, 1.82) is 0 Å². The normalized spacial score (nSPS) is 19.2. The van der Waals surface area contributed by atoms with Gasteiger partial charge in [-0.25, -0.2) is 9.78 Å². The predicted molar refractivity (Wildman–Crippen MR) is 87.0 cm³/mol. The summed E-state index contributed by atoms with van der Waals surface area (Å²) in [5, 5.41) is 3.46. The van der Waals surface area contributed by atoms with E-state index < -0.39 is 5.60 Å². The lowest BCUT2D eigenvalue weighted by atomic mass is 10.2. The van der Waals surface area contributed by atoms with Crippen molar-refractivity contribution < 1.29 is 9.53 Å². The number of halogens is 1. The zero-order valence-electron chi connectivity index (χ0n) is 13.6. The monoisotopic (exact) mass is 325 g/mol. The van der Waals surface area contributed by atoms with E-state index in [1.165, 1.54) is 5.56 Å². The summed E-state index contributed by atoms with van der Waals surface area (Å²) in [5.74, 6) is 0. The Balaban J connectivity index is 1.84. The summed E-state index contributed by atoms with van der Waals surface area (Å²) in [6.07, 6.45) is 0.586. The highest BCUT2D eigenvalue weighted by molar-refractivity contribution is 6.29. The summed E-state index contributed by atoms with van der Waals surface area (Å²) < 4.78 is 5.29. The molecule has 1 N–H and O–H groups in total. The van der Waals surface area contributed by atoms with Gasteiger partial charge in [-0.2, -0.15) is 0 Å². The molecule has 1 unspecified atom stereocenters. The molecule has 0 saturated carbocycles. The minimum absolute atomic E-state index is 0.135. The molecular formula is C16H24ClN3O2. The molecule has 5 nitrogen and oxygen atoms in total. The standard InChI is InChI=1S/C16H24ClN3O2/c1-11-12(5-6-14(17)18-11)9-20-8-7-13(10-20)19-15(21)22-16(2,3)4/h5-6,13H,7-10H2,1-4H3,(H,19,21). The number of aryl methyl sites for hydroxylation is 1. The van der Waals surface area contributed by atoms with Gasteiger partial charge in [0.1, 0.15) is 10.8 Å². The lowest BCUT2D eigenvalue weighted by molar-refractivity contribution is 0.0505. The molecule has 0 radical (unpaired) electrons. The van der Waals surface area contributed by atoms with Crippen LogP contribution in [0.4, 0.5) is 4.79 Å². The van der Waals surface area contributed by atoms with Crippen LogP contribution in [0.25, 0.3) is 0 Å². The van der Waals surface area contributed by atoms with Gasteiger partial charge in [0.15, 0.2) is 0 Å². The van der Waals surface area contributed by atoms with Gasteiger partial charge in [0.05, 0.1) is 0 Å². The lowest BCUT2D eigenvalue weighted by Crippen LogP contribution is -2.40. The quantitative estimate of drug-likeness (QED) is 0.867. The number of pyridine rings is 1. The first-order valence-corrected chi connectivity index (χ1v) is 7.94. The molecule has 0 aromatic carbocycles. The van der Waals surface area contributed by atoms with E-state index in [2.05, 4.69) is 15.2 Å². The van der Waals surface area contributed by atoms with E-state index >= 15 is 0 Å². The second-order valence-electron chi connectivity index (χ2n) is 6.75. The Morgan fingerprint density at radius 2 is 2.23 bits per heavy atom. The zero-order chi connectivity index (χ0) is 16.3. The summed E-state index contributed by atoms with van der Waals surface area (Å²) in [4.78, 5) is 18.4. The van der Waals surface area contributed by atoms with Gasteiger partial charge in [0.25, 0.3) is 0 Å². The fraction of sp³-hybridized carbons (Fsp3) is 0.625. The summed E-state index contributed by atoms with van der Waals surface area (Å²) in [6, 6.07) is 3.96. The minimum Gasteiger partial charge on any atom is -0.444 e. The Morgan fingerprint density at radius 1 is 1.50 bits per heavy atom. The van der Waals surface area contributed by atoms with Gasteiger partial charge < -0.3 is 10.1 Å². The van der Waals surface area contributed by atoms with Crippen LogP contribution >= 0.6 is 11.6 Å². The summed E-state index contributed by atoms with van der Waals surface area (Å²) in [6.45, 7) is 10.2. The average Bonchev–Trinajstić information content (AvgIpc) is 2.77. The molecule has 1 atom stereocenters. The van der Waals surface area contributed by atoms with Crippen LogP contribution in [0.5, 0.6) is 0 Å². The molecule has 1 aromatic rings. The van der Waals surface area contributed by atoms with E-state index in [0.717, 1.165) is 31.7 Å². The number of rotatable bonds is 3. The molecule has 6 heteroatoms. The van der Waals surface area contributed by atoms with Gasteiger partial charge in [0.2, 0.25) is 0 Å². The van der Waals surface area contributed by atoms with Crippen LogP contribution in [0.1, 0.15) is 38.4 Å². The van der Waals surface area contributed by atoms with Crippen molar-refractivity contribution in [2.24, 2.45) is 0 Å². The van der Waals surface area contributed by atoms with Crippen LogP contribution in [-0.4, -0.2) is 40.7 Å². The zero-order valence-corrected chi connectivity index (χ0v) is 14.4. The molecule has 1 fully saturated rings. The highest BCUT2D eigenvalue weighted by Crippen LogP contribution is 2.17. The molecule has 2 rings (SSSR count). The van der Waals surface area contributed by atoms with Gasteiger partial charge >= 0.3 is 6.09 Å². The van der Waals surface area contributed by atoms with Crippen LogP contribution in [0.2, 0.25) is 5.15 Å². The van der Waals surface area contributed by atoms with Crippen molar-refractivity contribution in [2.45, 2.75) is 52.3 Å². The third kappa shape index (κ3) is 5.14. The van der Waals surface area contributed by atoms with Crippen LogP contribution < -0.4 is 5.32 Å². The Kier molecular flexibility index (Phi) is 5.29. The third-order valence-corrected chi connectivity index (χ3v) is 3.76. The van der Waals surface area contributed by atoms with Crippen molar-refractivity contribution in [1.82, 2.24) is 15.2 Å². The molecule has 1 aliphatic heterocycles. The first kappa shape index (κ1) is 17.0. The predicted octanol–water partition coefficient (Wildman–Crippen LogP) is 3.14. The molecule has 1 aliphatic rings. The van der Waals surface area contributed by atoms with E-state index in [9.17, 15) is 4.79 Å². The third-order valence-electron chi connectivity index (χ3n) is 3.55. The number of nitrogens with one attached hydrogen (secondary N) is 1. The Bertz CT molecular complexity index is 543. The number of amides is 1. The number of ether oxygens (including phenoxy) is 1. The Morgan fingerprint density at radius 3 is 2.86 bits per heavy atom.